The summed E-state index contributed by atoms with van der Waals surface area (Å²) in [5.41, 5.74) is 6.45. The first-order chi connectivity index (χ1) is 17.0. The Hall–Kier alpha value is -4.52. The Morgan fingerprint density at radius 1 is 0.886 bits per heavy atom. The van der Waals surface area contributed by atoms with E-state index in [4.69, 9.17) is 9.47 Å². The van der Waals surface area contributed by atoms with Crippen molar-refractivity contribution in [1.82, 2.24) is 4.98 Å². The summed E-state index contributed by atoms with van der Waals surface area (Å²) in [6.07, 6.45) is 2.43. The van der Waals surface area contributed by atoms with Gasteiger partial charge in [0.25, 0.3) is 5.91 Å². The quantitative estimate of drug-likeness (QED) is 0.337. The number of hydrogen-bond donors (Lipinski definition) is 3. The second-order valence-electron chi connectivity index (χ2n) is 8.29. The highest BCUT2D eigenvalue weighted by Crippen LogP contribution is 2.37. The minimum atomic E-state index is -0.180. The summed E-state index contributed by atoms with van der Waals surface area (Å²) < 4.78 is 11.1. The van der Waals surface area contributed by atoms with E-state index in [0.29, 0.717) is 35.7 Å². The van der Waals surface area contributed by atoms with E-state index in [-0.39, 0.29) is 11.7 Å². The Bertz CT molecular complexity index is 1420. The molecular formula is C28H25N3O4. The fourth-order valence-electron chi connectivity index (χ4n) is 4.08. The molecule has 1 amide bonds. The van der Waals surface area contributed by atoms with Gasteiger partial charge in [0.15, 0.2) is 11.5 Å². The van der Waals surface area contributed by atoms with E-state index in [1.165, 1.54) is 7.11 Å². The number of nitrogens with one attached hydrogen (secondary N) is 2. The maximum atomic E-state index is 13.0. The highest BCUT2D eigenvalue weighted by Gasteiger charge is 2.20. The third-order valence-corrected chi connectivity index (χ3v) is 5.99. The summed E-state index contributed by atoms with van der Waals surface area (Å²) in [6, 6.07) is 20.5. The first-order valence-electron chi connectivity index (χ1n) is 11.3. The van der Waals surface area contributed by atoms with Crippen LogP contribution in [0.1, 0.15) is 21.6 Å². The molecule has 176 valence electrons. The topological polar surface area (TPSA) is 92.7 Å². The second kappa shape index (κ2) is 9.38. The number of fused-ring (bicyclic) bond motifs is 2. The number of methoxy groups -OCH3 is 1. The number of carbonyl (C=O) groups excluding carboxylic acids is 1. The van der Waals surface area contributed by atoms with Crippen molar-refractivity contribution in [3.63, 3.8) is 0 Å². The highest BCUT2D eigenvalue weighted by atomic mass is 16.5. The average molecular weight is 468 g/mol. The number of pyridine rings is 1. The summed E-state index contributed by atoms with van der Waals surface area (Å²) in [7, 11) is 1.51. The van der Waals surface area contributed by atoms with E-state index < -0.39 is 0 Å². The minimum Gasteiger partial charge on any atom is -0.504 e. The van der Waals surface area contributed by atoms with Crippen molar-refractivity contribution in [3.05, 3.63) is 89.7 Å². The smallest absolute Gasteiger partial charge is 0.257 e. The van der Waals surface area contributed by atoms with Gasteiger partial charge in [0.05, 0.1) is 42.0 Å². The van der Waals surface area contributed by atoms with E-state index in [1.807, 2.05) is 55.5 Å². The zero-order valence-electron chi connectivity index (χ0n) is 19.5. The SMILES string of the molecule is COc1cc(-c2ccc3c(c2)Nc2ccc(CCOc4cccnc4C)cc2NC3=O)ccc1O. The number of hydrogen-bond acceptors (Lipinski definition) is 6. The minimum absolute atomic E-state index is 0.0780. The Morgan fingerprint density at radius 2 is 1.71 bits per heavy atom. The van der Waals surface area contributed by atoms with Crippen molar-refractivity contribution < 1.29 is 19.4 Å². The standard InChI is InChI=1S/C28H25N3O4/c1-17-26(4-3-12-29-17)35-13-11-18-5-9-22-24(14-18)31-28(33)21-8-6-19(15-23(21)30-22)20-7-10-25(32)27(16-20)34-2/h3-10,12,14-16,30,32H,11,13H2,1-2H3,(H,31,33). The van der Waals surface area contributed by atoms with Crippen molar-refractivity contribution in [2.45, 2.75) is 13.3 Å². The van der Waals surface area contributed by atoms with Gasteiger partial charge in [0, 0.05) is 12.6 Å². The van der Waals surface area contributed by atoms with E-state index in [2.05, 4.69) is 15.6 Å². The van der Waals surface area contributed by atoms with E-state index in [1.54, 1.807) is 24.4 Å². The number of benzene rings is 3. The molecule has 0 unspecified atom stereocenters. The summed E-state index contributed by atoms with van der Waals surface area (Å²) in [6.45, 7) is 2.42. The lowest BCUT2D eigenvalue weighted by molar-refractivity contribution is 0.102. The highest BCUT2D eigenvalue weighted by molar-refractivity contribution is 6.12. The molecule has 0 fully saturated rings. The molecule has 0 saturated heterocycles. The summed E-state index contributed by atoms with van der Waals surface area (Å²) >= 11 is 0. The van der Waals surface area contributed by atoms with E-state index >= 15 is 0 Å². The van der Waals surface area contributed by atoms with Gasteiger partial charge in [-0.2, -0.15) is 0 Å². The van der Waals surface area contributed by atoms with Gasteiger partial charge < -0.3 is 25.2 Å². The maximum absolute atomic E-state index is 13.0. The first-order valence-corrected chi connectivity index (χ1v) is 11.3. The second-order valence-corrected chi connectivity index (χ2v) is 8.29. The molecule has 0 spiro atoms. The fraction of sp³-hybridized carbons (Fsp3) is 0.143. The van der Waals surface area contributed by atoms with Crippen molar-refractivity contribution in [2.24, 2.45) is 0 Å². The average Bonchev–Trinajstić information content (AvgIpc) is 3.00. The number of ether oxygens (including phenoxy) is 2. The largest absolute Gasteiger partial charge is 0.504 e. The molecule has 3 aromatic carbocycles. The Kier molecular flexibility index (Phi) is 5.97. The van der Waals surface area contributed by atoms with Crippen LogP contribution in [-0.2, 0) is 6.42 Å². The predicted octanol–water partition coefficient (Wildman–Crippen LogP) is 5.70. The summed E-state index contributed by atoms with van der Waals surface area (Å²) in [5.74, 6) is 1.06. The van der Waals surface area contributed by atoms with Crippen LogP contribution in [0.4, 0.5) is 17.1 Å². The Labute approximate surface area is 203 Å². The van der Waals surface area contributed by atoms with Gasteiger partial charge in [-0.1, -0.05) is 18.2 Å². The lowest BCUT2D eigenvalue weighted by Gasteiger charge is -2.13. The molecule has 35 heavy (non-hydrogen) atoms. The molecule has 7 nitrogen and oxygen atoms in total. The maximum Gasteiger partial charge on any atom is 0.257 e. The monoisotopic (exact) mass is 467 g/mol. The van der Waals surface area contributed by atoms with Crippen LogP contribution in [-0.4, -0.2) is 29.7 Å². The third-order valence-electron chi connectivity index (χ3n) is 5.99. The summed E-state index contributed by atoms with van der Waals surface area (Å²) in [4.78, 5) is 17.2. The van der Waals surface area contributed by atoms with Gasteiger partial charge in [-0.25, -0.2) is 0 Å². The van der Waals surface area contributed by atoms with Crippen molar-refractivity contribution in [2.75, 3.05) is 24.4 Å². The van der Waals surface area contributed by atoms with Gasteiger partial charge in [-0.05, 0) is 72.1 Å². The number of nitrogens with zero attached hydrogens (tertiary/aromatic N) is 1. The number of phenolic OH excluding ortho intramolecular Hbond substituents is 1. The number of rotatable bonds is 6. The molecule has 0 atom stereocenters. The van der Waals surface area contributed by atoms with Crippen molar-refractivity contribution in [3.8, 4) is 28.4 Å². The number of aromatic nitrogens is 1. The number of aryl methyl sites for hydroxylation is 1. The van der Waals surface area contributed by atoms with E-state index in [9.17, 15) is 9.90 Å². The van der Waals surface area contributed by atoms with Crippen LogP contribution in [0.15, 0.2) is 72.9 Å². The molecule has 0 aliphatic carbocycles. The molecule has 0 radical (unpaired) electrons. The molecule has 5 rings (SSSR count). The zero-order chi connectivity index (χ0) is 24.4. The molecule has 1 aliphatic rings. The summed E-state index contributed by atoms with van der Waals surface area (Å²) in [5, 5.41) is 16.3. The fourth-order valence-corrected chi connectivity index (χ4v) is 4.08. The van der Waals surface area contributed by atoms with Crippen LogP contribution in [0.5, 0.6) is 17.2 Å². The molecular weight excluding hydrogens is 442 g/mol. The molecule has 2 heterocycles. The third kappa shape index (κ3) is 4.61. The molecule has 1 aliphatic heterocycles. The number of anilines is 3. The number of aromatic hydroxyl groups is 1. The van der Waals surface area contributed by atoms with Crippen molar-refractivity contribution >= 4 is 23.0 Å². The lowest BCUT2D eigenvalue weighted by Crippen LogP contribution is -2.11. The van der Waals surface area contributed by atoms with Crippen LogP contribution in [0.25, 0.3) is 11.1 Å². The Balaban J connectivity index is 1.36. The van der Waals surface area contributed by atoms with Crippen LogP contribution in [0, 0.1) is 6.92 Å². The lowest BCUT2D eigenvalue weighted by atomic mass is 10.0. The van der Waals surface area contributed by atoms with Crippen LogP contribution in [0.3, 0.4) is 0 Å². The molecule has 7 heteroatoms. The van der Waals surface area contributed by atoms with Gasteiger partial charge >= 0.3 is 0 Å². The normalized spacial score (nSPS) is 12.0. The predicted molar refractivity (Wildman–Crippen MR) is 136 cm³/mol. The van der Waals surface area contributed by atoms with Crippen LogP contribution >= 0.6 is 0 Å². The van der Waals surface area contributed by atoms with Gasteiger partial charge in [0.1, 0.15) is 5.75 Å². The number of amides is 1. The van der Waals surface area contributed by atoms with Crippen molar-refractivity contribution in [1.29, 1.82) is 0 Å². The van der Waals surface area contributed by atoms with Crippen LogP contribution < -0.4 is 20.1 Å². The molecule has 0 saturated carbocycles. The van der Waals surface area contributed by atoms with E-state index in [0.717, 1.165) is 33.8 Å². The Morgan fingerprint density at radius 3 is 2.54 bits per heavy atom. The number of carbonyl (C=O) groups is 1. The first kappa shape index (κ1) is 22.3. The van der Waals surface area contributed by atoms with Gasteiger partial charge in [0.2, 0.25) is 0 Å². The van der Waals surface area contributed by atoms with Crippen LogP contribution in [0.2, 0.25) is 0 Å². The molecule has 4 aromatic rings. The number of phenols is 1. The van der Waals surface area contributed by atoms with Gasteiger partial charge in [-0.15, -0.1) is 0 Å². The van der Waals surface area contributed by atoms with Gasteiger partial charge in [-0.3, -0.25) is 9.78 Å². The molecule has 1 aromatic heterocycles. The molecule has 0 bridgehead atoms. The zero-order valence-corrected chi connectivity index (χ0v) is 19.5. The molecule has 3 N–H and O–H groups in total.